The average molecular weight is 274 g/mol. The van der Waals surface area contributed by atoms with E-state index in [9.17, 15) is 10.1 Å². The maximum Gasteiger partial charge on any atom is 0.408 e. The van der Waals surface area contributed by atoms with Crippen LogP contribution in [0.3, 0.4) is 0 Å². The number of carbonyl (C=O) groups is 1. The van der Waals surface area contributed by atoms with Crippen molar-refractivity contribution >= 4 is 6.09 Å². The Morgan fingerprint density at radius 1 is 1.20 bits per heavy atom. The fraction of sp³-hybridized carbons (Fsp3) is 0.500. The van der Waals surface area contributed by atoms with Gasteiger partial charge < -0.3 is 10.1 Å². The third-order valence-corrected chi connectivity index (χ3v) is 2.73. The van der Waals surface area contributed by atoms with Gasteiger partial charge >= 0.3 is 6.09 Å². The topological polar surface area (TPSA) is 62.1 Å². The molecule has 0 aromatic heterocycles. The van der Waals surface area contributed by atoms with E-state index in [0.717, 1.165) is 5.56 Å². The molecule has 1 rings (SSSR count). The Balaban J connectivity index is 2.77. The second-order valence-corrected chi connectivity index (χ2v) is 6.03. The predicted molar refractivity (Wildman–Crippen MR) is 78.3 cm³/mol. The molecule has 1 N–H and O–H groups in total. The lowest BCUT2D eigenvalue weighted by Crippen LogP contribution is -2.34. The van der Waals surface area contributed by atoms with Gasteiger partial charge in [0.05, 0.1) is 6.07 Å². The lowest BCUT2D eigenvalue weighted by molar-refractivity contribution is 0.0515. The average Bonchev–Trinajstić information content (AvgIpc) is 2.34. The molecule has 0 saturated carbocycles. The summed E-state index contributed by atoms with van der Waals surface area (Å²) in [6.45, 7) is 9.56. The summed E-state index contributed by atoms with van der Waals surface area (Å²) in [5.74, 6) is 0.434. The zero-order valence-electron chi connectivity index (χ0n) is 12.7. The van der Waals surface area contributed by atoms with Gasteiger partial charge in [-0.05, 0) is 37.8 Å². The Labute approximate surface area is 120 Å². The van der Waals surface area contributed by atoms with Crippen LogP contribution in [-0.2, 0) is 4.74 Å². The lowest BCUT2D eigenvalue weighted by Gasteiger charge is -2.21. The van der Waals surface area contributed by atoms with Gasteiger partial charge in [-0.2, -0.15) is 5.26 Å². The van der Waals surface area contributed by atoms with Crippen molar-refractivity contribution in [1.82, 2.24) is 5.32 Å². The van der Waals surface area contributed by atoms with Gasteiger partial charge in [0, 0.05) is 0 Å². The van der Waals surface area contributed by atoms with Crippen LogP contribution in [0.5, 0.6) is 0 Å². The van der Waals surface area contributed by atoms with Crippen molar-refractivity contribution in [3.05, 3.63) is 35.4 Å². The van der Waals surface area contributed by atoms with Crippen molar-refractivity contribution in [2.45, 2.75) is 52.2 Å². The minimum atomic E-state index is -0.703. The van der Waals surface area contributed by atoms with Gasteiger partial charge in [-0.3, -0.25) is 0 Å². The fourth-order valence-corrected chi connectivity index (χ4v) is 1.69. The molecule has 1 aromatic rings. The van der Waals surface area contributed by atoms with E-state index in [2.05, 4.69) is 25.2 Å². The normalized spacial score (nSPS) is 12.7. The second kappa shape index (κ2) is 6.42. The van der Waals surface area contributed by atoms with Crippen LogP contribution < -0.4 is 5.32 Å². The van der Waals surface area contributed by atoms with E-state index in [1.807, 2.05) is 24.3 Å². The molecule has 0 spiro atoms. The number of benzene rings is 1. The number of hydrogen-bond donors (Lipinski definition) is 1. The van der Waals surface area contributed by atoms with Crippen molar-refractivity contribution < 1.29 is 9.53 Å². The molecule has 0 aliphatic carbocycles. The highest BCUT2D eigenvalue weighted by Gasteiger charge is 2.20. The monoisotopic (exact) mass is 274 g/mol. The Hall–Kier alpha value is -2.02. The summed E-state index contributed by atoms with van der Waals surface area (Å²) in [4.78, 5) is 11.7. The van der Waals surface area contributed by atoms with Crippen molar-refractivity contribution in [3.63, 3.8) is 0 Å². The SMILES string of the molecule is CC(C)c1ccc(C(C#N)NC(=O)OC(C)(C)C)cc1. The second-order valence-electron chi connectivity index (χ2n) is 6.03. The molecular weight excluding hydrogens is 252 g/mol. The highest BCUT2D eigenvalue weighted by atomic mass is 16.6. The number of nitrogens with zero attached hydrogens (tertiary/aromatic N) is 1. The first-order chi connectivity index (χ1) is 9.23. The van der Waals surface area contributed by atoms with Crippen LogP contribution in [-0.4, -0.2) is 11.7 Å². The van der Waals surface area contributed by atoms with Crippen LogP contribution >= 0.6 is 0 Å². The maximum atomic E-state index is 11.7. The largest absolute Gasteiger partial charge is 0.444 e. The molecule has 108 valence electrons. The molecule has 0 aliphatic heterocycles. The number of nitriles is 1. The third-order valence-electron chi connectivity index (χ3n) is 2.73. The Morgan fingerprint density at radius 3 is 2.10 bits per heavy atom. The molecule has 0 radical (unpaired) electrons. The summed E-state index contributed by atoms with van der Waals surface area (Å²) in [7, 11) is 0. The number of rotatable bonds is 3. The van der Waals surface area contributed by atoms with E-state index < -0.39 is 17.7 Å². The maximum absolute atomic E-state index is 11.7. The summed E-state index contributed by atoms with van der Waals surface area (Å²) in [5.41, 5.74) is 1.37. The van der Waals surface area contributed by atoms with E-state index in [0.29, 0.717) is 5.92 Å². The Kier molecular flexibility index (Phi) is 5.15. The molecule has 1 atom stereocenters. The minimum Gasteiger partial charge on any atom is -0.444 e. The minimum absolute atomic E-state index is 0.434. The number of nitrogens with one attached hydrogen (secondary N) is 1. The first kappa shape index (κ1) is 16.0. The van der Waals surface area contributed by atoms with Gasteiger partial charge in [0.15, 0.2) is 0 Å². The molecule has 4 nitrogen and oxygen atoms in total. The van der Waals surface area contributed by atoms with Gasteiger partial charge in [0.2, 0.25) is 0 Å². The van der Waals surface area contributed by atoms with Crippen LogP contribution in [0.4, 0.5) is 4.79 Å². The molecule has 4 heteroatoms. The van der Waals surface area contributed by atoms with Gasteiger partial charge in [-0.1, -0.05) is 38.1 Å². The molecular formula is C16H22N2O2. The van der Waals surface area contributed by atoms with Crippen LogP contribution in [0.2, 0.25) is 0 Å². The highest BCUT2D eigenvalue weighted by Crippen LogP contribution is 2.19. The van der Waals surface area contributed by atoms with Crippen LogP contribution in [0.15, 0.2) is 24.3 Å². The summed E-state index contributed by atoms with van der Waals surface area (Å²) >= 11 is 0. The number of amides is 1. The smallest absolute Gasteiger partial charge is 0.408 e. The van der Waals surface area contributed by atoms with Crippen molar-refractivity contribution in [1.29, 1.82) is 5.26 Å². The van der Waals surface area contributed by atoms with E-state index in [1.165, 1.54) is 5.56 Å². The van der Waals surface area contributed by atoms with Crippen molar-refractivity contribution in [2.24, 2.45) is 0 Å². The standard InChI is InChI=1S/C16H22N2O2/c1-11(2)12-6-8-13(9-7-12)14(10-17)18-15(19)20-16(3,4)5/h6-9,11,14H,1-5H3,(H,18,19). The highest BCUT2D eigenvalue weighted by molar-refractivity contribution is 5.69. The zero-order chi connectivity index (χ0) is 15.3. The summed E-state index contributed by atoms with van der Waals surface area (Å²) < 4.78 is 5.15. The van der Waals surface area contributed by atoms with Crippen molar-refractivity contribution in [2.75, 3.05) is 0 Å². The number of hydrogen-bond acceptors (Lipinski definition) is 3. The van der Waals surface area contributed by atoms with Crippen molar-refractivity contribution in [3.8, 4) is 6.07 Å². The molecule has 1 amide bonds. The number of alkyl carbamates (subject to hydrolysis) is 1. The quantitative estimate of drug-likeness (QED) is 0.909. The lowest BCUT2D eigenvalue weighted by atomic mass is 9.99. The summed E-state index contributed by atoms with van der Waals surface area (Å²) in [6.07, 6.45) is -0.586. The number of ether oxygens (including phenoxy) is 1. The van der Waals surface area contributed by atoms with E-state index in [-0.39, 0.29) is 0 Å². The fourth-order valence-electron chi connectivity index (χ4n) is 1.69. The van der Waals surface area contributed by atoms with Gasteiger partial charge in [-0.15, -0.1) is 0 Å². The van der Waals surface area contributed by atoms with Crippen LogP contribution in [0, 0.1) is 11.3 Å². The molecule has 0 bridgehead atoms. The van der Waals surface area contributed by atoms with Crippen LogP contribution in [0.1, 0.15) is 57.7 Å². The van der Waals surface area contributed by atoms with Crippen LogP contribution in [0.25, 0.3) is 0 Å². The molecule has 0 saturated heterocycles. The summed E-state index contributed by atoms with van der Waals surface area (Å²) in [6, 6.07) is 9.04. The molecule has 0 aliphatic rings. The molecule has 1 aromatic carbocycles. The van der Waals surface area contributed by atoms with E-state index in [4.69, 9.17) is 4.74 Å². The van der Waals surface area contributed by atoms with Gasteiger partial charge in [-0.25, -0.2) is 4.79 Å². The Bertz CT molecular complexity index is 493. The first-order valence-electron chi connectivity index (χ1n) is 6.72. The predicted octanol–water partition coefficient (Wildman–Crippen LogP) is 3.90. The van der Waals surface area contributed by atoms with E-state index in [1.54, 1.807) is 20.8 Å². The molecule has 0 fully saturated rings. The van der Waals surface area contributed by atoms with Gasteiger partial charge in [0.25, 0.3) is 0 Å². The number of carbonyl (C=O) groups excluding carboxylic acids is 1. The summed E-state index contributed by atoms with van der Waals surface area (Å²) in [5, 5.41) is 11.8. The molecule has 0 heterocycles. The van der Waals surface area contributed by atoms with E-state index >= 15 is 0 Å². The van der Waals surface area contributed by atoms with Gasteiger partial charge in [0.1, 0.15) is 11.6 Å². The zero-order valence-corrected chi connectivity index (χ0v) is 12.7. The molecule has 1 unspecified atom stereocenters. The molecule has 20 heavy (non-hydrogen) atoms. The Morgan fingerprint density at radius 2 is 1.70 bits per heavy atom. The third kappa shape index (κ3) is 4.93. The first-order valence-corrected chi connectivity index (χ1v) is 6.72.